The molecule has 0 aliphatic heterocycles. The molecule has 10 nitrogen and oxygen atoms in total. The van der Waals surface area contributed by atoms with Gasteiger partial charge in [-0.05, 0) is 45.7 Å². The van der Waals surface area contributed by atoms with E-state index >= 15 is 0 Å². The van der Waals surface area contributed by atoms with E-state index in [1.165, 1.54) is 13.8 Å². The highest BCUT2D eigenvalue weighted by atomic mass is 16.6. The first-order chi connectivity index (χ1) is 18.4. The van der Waals surface area contributed by atoms with Crippen molar-refractivity contribution in [3.63, 3.8) is 0 Å². The van der Waals surface area contributed by atoms with E-state index in [2.05, 4.69) is 0 Å². The lowest BCUT2D eigenvalue weighted by atomic mass is 9.88. The molecule has 0 heterocycles. The first-order valence-corrected chi connectivity index (χ1v) is 12.6. The van der Waals surface area contributed by atoms with Crippen LogP contribution in [-0.4, -0.2) is 59.2 Å². The lowest BCUT2D eigenvalue weighted by Crippen LogP contribution is -2.67. The zero-order valence-corrected chi connectivity index (χ0v) is 22.9. The van der Waals surface area contributed by atoms with Crippen LogP contribution in [-0.2, 0) is 51.2 Å². The van der Waals surface area contributed by atoms with Gasteiger partial charge in [0.1, 0.15) is 18.6 Å². The number of ether oxygens (including phenoxy) is 4. The van der Waals surface area contributed by atoms with E-state index in [9.17, 15) is 24.0 Å². The van der Waals surface area contributed by atoms with Crippen molar-refractivity contribution >= 4 is 29.9 Å². The SMILES string of the molecule is CCOC(=O)C(Cc1ccccc1)(C(=O)OCC)N(C(=O)CC(=O)OCc1ccccc1)C(=O)OC(C)(C)C. The lowest BCUT2D eigenvalue weighted by Gasteiger charge is -2.38. The van der Waals surface area contributed by atoms with Crippen molar-refractivity contribution in [2.24, 2.45) is 0 Å². The number of esters is 3. The Kier molecular flexibility index (Phi) is 11.2. The quantitative estimate of drug-likeness (QED) is 0.236. The summed E-state index contributed by atoms with van der Waals surface area (Å²) in [5.41, 5.74) is -2.64. The Hall–Kier alpha value is -4.21. The van der Waals surface area contributed by atoms with E-state index in [-0.39, 0.29) is 19.8 Å². The number of rotatable bonds is 11. The van der Waals surface area contributed by atoms with E-state index in [0.29, 0.717) is 16.0 Å². The van der Waals surface area contributed by atoms with Gasteiger partial charge >= 0.3 is 24.0 Å². The van der Waals surface area contributed by atoms with Crippen LogP contribution in [0.25, 0.3) is 0 Å². The molecule has 0 bridgehead atoms. The van der Waals surface area contributed by atoms with E-state index < -0.39 is 53.9 Å². The predicted molar refractivity (Wildman–Crippen MR) is 140 cm³/mol. The molecule has 39 heavy (non-hydrogen) atoms. The number of amides is 2. The maximum absolute atomic E-state index is 13.7. The molecule has 0 radical (unpaired) electrons. The van der Waals surface area contributed by atoms with Gasteiger partial charge in [-0.2, -0.15) is 0 Å². The Morgan fingerprint density at radius 3 is 1.67 bits per heavy atom. The van der Waals surface area contributed by atoms with Crippen LogP contribution in [0, 0.1) is 0 Å². The molecular weight excluding hydrogens is 506 g/mol. The zero-order chi connectivity index (χ0) is 29.1. The van der Waals surface area contributed by atoms with Crippen molar-refractivity contribution in [2.45, 2.75) is 65.2 Å². The highest BCUT2D eigenvalue weighted by molar-refractivity contribution is 6.14. The van der Waals surface area contributed by atoms with Crippen LogP contribution >= 0.6 is 0 Å². The Morgan fingerprint density at radius 2 is 1.21 bits per heavy atom. The summed E-state index contributed by atoms with van der Waals surface area (Å²) in [5.74, 6) is -4.58. The van der Waals surface area contributed by atoms with Gasteiger partial charge < -0.3 is 18.9 Å². The summed E-state index contributed by atoms with van der Waals surface area (Å²) >= 11 is 0. The Balaban J connectivity index is 2.59. The number of imide groups is 1. The first-order valence-electron chi connectivity index (χ1n) is 12.6. The summed E-state index contributed by atoms with van der Waals surface area (Å²) in [6.45, 7) is 7.23. The van der Waals surface area contributed by atoms with Gasteiger partial charge in [-0.25, -0.2) is 19.3 Å². The van der Waals surface area contributed by atoms with E-state index in [1.807, 2.05) is 0 Å². The van der Waals surface area contributed by atoms with Crippen molar-refractivity contribution in [1.29, 1.82) is 0 Å². The fraction of sp³-hybridized carbons (Fsp3) is 0.414. The van der Waals surface area contributed by atoms with E-state index in [1.54, 1.807) is 81.4 Å². The summed E-state index contributed by atoms with van der Waals surface area (Å²) in [6, 6.07) is 17.0. The molecule has 0 aliphatic carbocycles. The normalized spacial score (nSPS) is 11.2. The van der Waals surface area contributed by atoms with Crippen LogP contribution in [0.5, 0.6) is 0 Å². The number of nitrogens with zero attached hydrogens (tertiary/aromatic N) is 1. The molecule has 0 atom stereocenters. The van der Waals surface area contributed by atoms with Crippen LogP contribution in [0.3, 0.4) is 0 Å². The second-order valence-corrected chi connectivity index (χ2v) is 9.50. The van der Waals surface area contributed by atoms with Crippen molar-refractivity contribution < 1.29 is 42.9 Å². The summed E-state index contributed by atoms with van der Waals surface area (Å²) < 4.78 is 21.1. The summed E-state index contributed by atoms with van der Waals surface area (Å²) in [6.07, 6.45) is -2.75. The first kappa shape index (κ1) is 31.0. The smallest absolute Gasteiger partial charge is 0.418 e. The van der Waals surface area contributed by atoms with Crippen molar-refractivity contribution in [3.05, 3.63) is 71.8 Å². The Bertz CT molecular complexity index is 1120. The zero-order valence-electron chi connectivity index (χ0n) is 22.9. The lowest BCUT2D eigenvalue weighted by molar-refractivity contribution is -0.179. The molecule has 2 amide bonds. The average molecular weight is 542 g/mol. The van der Waals surface area contributed by atoms with Gasteiger partial charge in [0, 0.05) is 6.42 Å². The minimum absolute atomic E-state index is 0.121. The average Bonchev–Trinajstić information content (AvgIpc) is 2.87. The highest BCUT2D eigenvalue weighted by Crippen LogP contribution is 2.29. The van der Waals surface area contributed by atoms with Crippen LogP contribution < -0.4 is 0 Å². The number of hydrogen-bond acceptors (Lipinski definition) is 9. The van der Waals surface area contributed by atoms with E-state index in [4.69, 9.17) is 18.9 Å². The van der Waals surface area contributed by atoms with Crippen LogP contribution in [0.15, 0.2) is 60.7 Å². The van der Waals surface area contributed by atoms with Crippen molar-refractivity contribution in [2.75, 3.05) is 13.2 Å². The number of hydrogen-bond donors (Lipinski definition) is 0. The van der Waals surface area contributed by atoms with Gasteiger partial charge in [-0.3, -0.25) is 9.59 Å². The molecule has 10 heteroatoms. The monoisotopic (exact) mass is 541 g/mol. The molecule has 210 valence electrons. The maximum Gasteiger partial charge on any atom is 0.418 e. The Morgan fingerprint density at radius 1 is 0.718 bits per heavy atom. The number of benzene rings is 2. The second-order valence-electron chi connectivity index (χ2n) is 9.50. The summed E-state index contributed by atoms with van der Waals surface area (Å²) in [7, 11) is 0. The van der Waals surface area contributed by atoms with Crippen LogP contribution in [0.4, 0.5) is 4.79 Å². The van der Waals surface area contributed by atoms with Gasteiger partial charge in [0.15, 0.2) is 0 Å². The fourth-order valence-electron chi connectivity index (χ4n) is 3.65. The third kappa shape index (κ3) is 8.66. The molecule has 0 N–H and O–H groups in total. The molecule has 0 saturated heterocycles. The van der Waals surface area contributed by atoms with Crippen LogP contribution in [0.2, 0.25) is 0 Å². The van der Waals surface area contributed by atoms with Crippen molar-refractivity contribution in [1.82, 2.24) is 4.90 Å². The second kappa shape index (κ2) is 14.1. The number of carbonyl (C=O) groups excluding carboxylic acids is 5. The molecule has 0 saturated carbocycles. The molecule has 0 fully saturated rings. The third-order valence-corrected chi connectivity index (χ3v) is 5.27. The Labute approximate surface area is 228 Å². The minimum atomic E-state index is -2.62. The standard InChI is InChI=1S/C29H35NO9/c1-6-36-25(33)29(26(34)37-7-2,19-21-14-10-8-11-15-21)30(27(35)39-28(3,4)5)23(31)18-24(32)38-20-22-16-12-9-13-17-22/h8-17H,6-7,18-20H2,1-5H3. The molecule has 2 aromatic carbocycles. The van der Waals surface area contributed by atoms with Gasteiger partial charge in [0.25, 0.3) is 5.54 Å². The predicted octanol–water partition coefficient (Wildman–Crippen LogP) is 3.99. The van der Waals surface area contributed by atoms with Crippen LogP contribution in [0.1, 0.15) is 52.2 Å². The molecule has 0 unspecified atom stereocenters. The van der Waals surface area contributed by atoms with Gasteiger partial charge in [-0.15, -0.1) is 0 Å². The molecule has 0 aliphatic rings. The van der Waals surface area contributed by atoms with Gasteiger partial charge in [0.05, 0.1) is 13.2 Å². The van der Waals surface area contributed by atoms with Crippen molar-refractivity contribution in [3.8, 4) is 0 Å². The summed E-state index contributed by atoms with van der Waals surface area (Å²) in [5, 5.41) is 0. The molecule has 0 spiro atoms. The maximum atomic E-state index is 13.7. The highest BCUT2D eigenvalue weighted by Gasteiger charge is 2.59. The topological polar surface area (TPSA) is 126 Å². The number of carbonyl (C=O) groups is 5. The summed E-state index contributed by atoms with van der Waals surface area (Å²) in [4.78, 5) is 67.3. The molecular formula is C29H35NO9. The molecule has 2 aromatic rings. The molecule has 0 aromatic heterocycles. The third-order valence-electron chi connectivity index (χ3n) is 5.27. The van der Waals surface area contributed by atoms with Gasteiger partial charge in [0.2, 0.25) is 5.91 Å². The van der Waals surface area contributed by atoms with E-state index in [0.717, 1.165) is 0 Å². The molecule has 2 rings (SSSR count). The fourth-order valence-corrected chi connectivity index (χ4v) is 3.65. The largest absolute Gasteiger partial charge is 0.464 e. The van der Waals surface area contributed by atoms with Gasteiger partial charge in [-0.1, -0.05) is 60.7 Å². The minimum Gasteiger partial charge on any atom is -0.464 e.